The molecular formula is C15H22BrN3. The zero-order chi connectivity index (χ0) is 13.2. The molecule has 0 bridgehead atoms. The summed E-state index contributed by atoms with van der Waals surface area (Å²) in [5.74, 6) is 0. The summed E-state index contributed by atoms with van der Waals surface area (Å²) >= 11 is 3.62. The standard InChI is InChI=1S/C15H22BrN3/c1-12-2-3-13(8-15(12)16)9-18-10-14(11-18)19-6-4-17-5-7-19/h2-3,8,14,17H,4-7,9-11H2,1H3. The molecule has 0 aliphatic carbocycles. The van der Waals surface area contributed by atoms with Crippen LogP contribution in [-0.2, 0) is 6.54 Å². The van der Waals surface area contributed by atoms with Crippen molar-refractivity contribution in [3.05, 3.63) is 33.8 Å². The molecule has 3 nitrogen and oxygen atoms in total. The molecule has 0 unspecified atom stereocenters. The second kappa shape index (κ2) is 5.92. The Balaban J connectivity index is 1.49. The molecule has 0 aromatic heterocycles. The molecule has 104 valence electrons. The van der Waals surface area contributed by atoms with Crippen molar-refractivity contribution in [3.8, 4) is 0 Å². The molecule has 1 aromatic carbocycles. The summed E-state index contributed by atoms with van der Waals surface area (Å²) < 4.78 is 1.23. The molecule has 1 aromatic rings. The minimum Gasteiger partial charge on any atom is -0.314 e. The quantitative estimate of drug-likeness (QED) is 0.915. The summed E-state index contributed by atoms with van der Waals surface area (Å²) in [6, 6.07) is 7.49. The van der Waals surface area contributed by atoms with Gasteiger partial charge in [0.15, 0.2) is 0 Å². The third-order valence-electron chi connectivity index (χ3n) is 4.25. The number of nitrogens with zero attached hydrogens (tertiary/aromatic N) is 2. The van der Waals surface area contributed by atoms with Gasteiger partial charge in [-0.15, -0.1) is 0 Å². The molecule has 0 radical (unpaired) electrons. The highest BCUT2D eigenvalue weighted by atomic mass is 79.9. The highest BCUT2D eigenvalue weighted by Crippen LogP contribution is 2.22. The van der Waals surface area contributed by atoms with Crippen LogP contribution in [0.25, 0.3) is 0 Å². The highest BCUT2D eigenvalue weighted by Gasteiger charge is 2.31. The Labute approximate surface area is 124 Å². The molecule has 0 saturated carbocycles. The maximum Gasteiger partial charge on any atom is 0.0351 e. The number of halogens is 1. The number of hydrogen-bond donors (Lipinski definition) is 1. The third kappa shape index (κ3) is 3.19. The van der Waals surface area contributed by atoms with Crippen LogP contribution in [0.2, 0.25) is 0 Å². The molecule has 2 saturated heterocycles. The van der Waals surface area contributed by atoms with Crippen molar-refractivity contribution in [2.24, 2.45) is 0 Å². The number of rotatable bonds is 3. The van der Waals surface area contributed by atoms with Gasteiger partial charge in [-0.05, 0) is 24.1 Å². The van der Waals surface area contributed by atoms with Gasteiger partial charge in [-0.3, -0.25) is 9.80 Å². The van der Waals surface area contributed by atoms with Crippen LogP contribution in [0.15, 0.2) is 22.7 Å². The number of piperazine rings is 1. The molecule has 3 rings (SSSR count). The Morgan fingerprint density at radius 1 is 1.26 bits per heavy atom. The molecule has 4 heteroatoms. The molecule has 2 fully saturated rings. The average Bonchev–Trinajstić information content (AvgIpc) is 2.38. The zero-order valence-electron chi connectivity index (χ0n) is 11.5. The first-order chi connectivity index (χ1) is 9.22. The fraction of sp³-hybridized carbons (Fsp3) is 0.600. The Kier molecular flexibility index (Phi) is 4.22. The lowest BCUT2D eigenvalue weighted by atomic mass is 10.0. The zero-order valence-corrected chi connectivity index (χ0v) is 13.1. The van der Waals surface area contributed by atoms with Gasteiger partial charge < -0.3 is 5.32 Å². The van der Waals surface area contributed by atoms with Gasteiger partial charge in [-0.1, -0.05) is 28.1 Å². The normalized spacial score (nSPS) is 22.4. The first-order valence-electron chi connectivity index (χ1n) is 7.14. The first-order valence-corrected chi connectivity index (χ1v) is 7.94. The molecule has 2 aliphatic rings. The first kappa shape index (κ1) is 13.6. The van der Waals surface area contributed by atoms with Crippen LogP contribution in [0, 0.1) is 6.92 Å². The molecule has 2 aliphatic heterocycles. The molecular weight excluding hydrogens is 302 g/mol. The van der Waals surface area contributed by atoms with Gasteiger partial charge in [0.05, 0.1) is 0 Å². The maximum atomic E-state index is 3.62. The van der Waals surface area contributed by atoms with Crippen molar-refractivity contribution < 1.29 is 0 Å². The number of nitrogens with one attached hydrogen (secondary N) is 1. The van der Waals surface area contributed by atoms with E-state index in [-0.39, 0.29) is 0 Å². The van der Waals surface area contributed by atoms with E-state index in [1.807, 2.05) is 0 Å². The van der Waals surface area contributed by atoms with E-state index in [1.54, 1.807) is 0 Å². The Morgan fingerprint density at radius 3 is 2.68 bits per heavy atom. The topological polar surface area (TPSA) is 18.5 Å². The van der Waals surface area contributed by atoms with E-state index in [1.165, 1.54) is 41.8 Å². The summed E-state index contributed by atoms with van der Waals surface area (Å²) in [6.45, 7) is 10.4. The summed E-state index contributed by atoms with van der Waals surface area (Å²) in [4.78, 5) is 5.18. The van der Waals surface area contributed by atoms with Gasteiger partial charge in [0.25, 0.3) is 0 Å². The van der Waals surface area contributed by atoms with E-state index in [9.17, 15) is 0 Å². The molecule has 0 atom stereocenters. The van der Waals surface area contributed by atoms with E-state index in [0.717, 1.165) is 25.7 Å². The van der Waals surface area contributed by atoms with Crippen molar-refractivity contribution in [1.29, 1.82) is 0 Å². The lowest BCUT2D eigenvalue weighted by molar-refractivity contribution is 0.0223. The summed E-state index contributed by atoms with van der Waals surface area (Å²) in [5.41, 5.74) is 2.72. The van der Waals surface area contributed by atoms with Crippen LogP contribution >= 0.6 is 15.9 Å². The molecule has 1 N–H and O–H groups in total. The highest BCUT2D eigenvalue weighted by molar-refractivity contribution is 9.10. The van der Waals surface area contributed by atoms with Gasteiger partial charge in [-0.2, -0.15) is 0 Å². The van der Waals surface area contributed by atoms with Crippen LogP contribution in [-0.4, -0.2) is 55.1 Å². The van der Waals surface area contributed by atoms with Gasteiger partial charge >= 0.3 is 0 Å². The Hall–Kier alpha value is -0.420. The van der Waals surface area contributed by atoms with Crippen LogP contribution in [0.4, 0.5) is 0 Å². The van der Waals surface area contributed by atoms with Gasteiger partial charge in [0, 0.05) is 56.3 Å². The second-order valence-electron chi connectivity index (χ2n) is 5.72. The average molecular weight is 324 g/mol. The van der Waals surface area contributed by atoms with Crippen LogP contribution in [0.3, 0.4) is 0 Å². The van der Waals surface area contributed by atoms with Crippen molar-refractivity contribution in [2.45, 2.75) is 19.5 Å². The predicted molar refractivity (Wildman–Crippen MR) is 82.4 cm³/mol. The fourth-order valence-corrected chi connectivity index (χ4v) is 3.37. The minimum atomic E-state index is 0.788. The van der Waals surface area contributed by atoms with E-state index in [0.29, 0.717) is 0 Å². The summed E-state index contributed by atoms with van der Waals surface area (Å²) in [6.07, 6.45) is 0. The van der Waals surface area contributed by atoms with Crippen molar-refractivity contribution in [1.82, 2.24) is 15.1 Å². The van der Waals surface area contributed by atoms with Crippen LogP contribution < -0.4 is 5.32 Å². The van der Waals surface area contributed by atoms with Gasteiger partial charge in [0.2, 0.25) is 0 Å². The lowest BCUT2D eigenvalue weighted by Crippen LogP contribution is -2.62. The van der Waals surface area contributed by atoms with Crippen molar-refractivity contribution >= 4 is 15.9 Å². The van der Waals surface area contributed by atoms with Gasteiger partial charge in [0.1, 0.15) is 0 Å². The van der Waals surface area contributed by atoms with E-state index < -0.39 is 0 Å². The predicted octanol–water partition coefficient (Wildman–Crippen LogP) is 1.85. The number of hydrogen-bond acceptors (Lipinski definition) is 3. The van der Waals surface area contributed by atoms with E-state index in [4.69, 9.17) is 0 Å². The largest absolute Gasteiger partial charge is 0.314 e. The smallest absolute Gasteiger partial charge is 0.0351 e. The summed E-state index contributed by atoms with van der Waals surface area (Å²) in [5, 5.41) is 3.42. The molecule has 0 spiro atoms. The molecule has 19 heavy (non-hydrogen) atoms. The van der Waals surface area contributed by atoms with Crippen LogP contribution in [0.1, 0.15) is 11.1 Å². The molecule has 0 amide bonds. The SMILES string of the molecule is Cc1ccc(CN2CC(N3CCNCC3)C2)cc1Br. The number of likely N-dealkylation sites (tertiary alicyclic amines) is 1. The fourth-order valence-electron chi connectivity index (χ4n) is 2.94. The monoisotopic (exact) mass is 323 g/mol. The number of aryl methyl sites for hydroxylation is 1. The van der Waals surface area contributed by atoms with Crippen molar-refractivity contribution in [2.75, 3.05) is 39.3 Å². The Bertz CT molecular complexity index is 437. The summed E-state index contributed by atoms with van der Waals surface area (Å²) in [7, 11) is 0. The lowest BCUT2D eigenvalue weighted by Gasteiger charge is -2.47. The van der Waals surface area contributed by atoms with E-state index >= 15 is 0 Å². The van der Waals surface area contributed by atoms with Crippen molar-refractivity contribution in [3.63, 3.8) is 0 Å². The van der Waals surface area contributed by atoms with Gasteiger partial charge in [-0.25, -0.2) is 0 Å². The van der Waals surface area contributed by atoms with Crippen LogP contribution in [0.5, 0.6) is 0 Å². The Morgan fingerprint density at radius 2 is 2.00 bits per heavy atom. The molecule has 2 heterocycles. The van der Waals surface area contributed by atoms with E-state index in [2.05, 4.69) is 56.2 Å². The second-order valence-corrected chi connectivity index (χ2v) is 6.57. The minimum absolute atomic E-state index is 0.788. The number of benzene rings is 1. The third-order valence-corrected chi connectivity index (χ3v) is 5.10. The maximum absolute atomic E-state index is 3.62.